The minimum Gasteiger partial charge on any atom is -0.502 e. The third-order valence-electron chi connectivity index (χ3n) is 2.15. The first-order valence-electron chi connectivity index (χ1n) is 5.08. The smallest absolute Gasteiger partial charge is 0.311 e. The zero-order valence-electron chi connectivity index (χ0n) is 9.70. The van der Waals surface area contributed by atoms with E-state index in [1.54, 1.807) is 6.07 Å². The van der Waals surface area contributed by atoms with Gasteiger partial charge >= 0.3 is 5.69 Å². The maximum absolute atomic E-state index is 10.8. The lowest BCUT2D eigenvalue weighted by molar-refractivity contribution is -0.385. The van der Waals surface area contributed by atoms with Gasteiger partial charge in [0.15, 0.2) is 0 Å². The van der Waals surface area contributed by atoms with E-state index >= 15 is 0 Å². The van der Waals surface area contributed by atoms with Gasteiger partial charge in [0.2, 0.25) is 11.7 Å². The second-order valence-corrected chi connectivity index (χ2v) is 3.43. The molecule has 0 saturated heterocycles. The number of guanidine groups is 1. The van der Waals surface area contributed by atoms with Crippen molar-refractivity contribution in [3.05, 3.63) is 33.4 Å². The largest absolute Gasteiger partial charge is 0.502 e. The predicted octanol–water partition coefficient (Wildman–Crippen LogP) is 0.470. The number of nitrogens with two attached hydrogens (primary N) is 2. The molecule has 96 valence electrons. The normalized spacial score (nSPS) is 10.5. The molecule has 0 amide bonds. The van der Waals surface area contributed by atoms with Crippen LogP contribution in [0.1, 0.15) is 18.1 Å². The Labute approximate surface area is 103 Å². The number of hydrogen-bond acceptors (Lipinski definition) is 5. The van der Waals surface area contributed by atoms with Crippen LogP contribution in [0.25, 0.3) is 0 Å². The highest BCUT2D eigenvalue weighted by atomic mass is 16.6. The molecule has 1 aromatic carbocycles. The van der Waals surface area contributed by atoms with Crippen LogP contribution in [0.3, 0.4) is 0 Å². The fourth-order valence-electron chi connectivity index (χ4n) is 1.30. The third kappa shape index (κ3) is 3.17. The molecule has 1 aromatic rings. The number of phenols is 1. The minimum absolute atomic E-state index is 0.186. The summed E-state index contributed by atoms with van der Waals surface area (Å²) in [4.78, 5) is 10.1. The van der Waals surface area contributed by atoms with E-state index in [1.807, 2.05) is 6.92 Å². The van der Waals surface area contributed by atoms with Crippen molar-refractivity contribution in [2.45, 2.75) is 13.3 Å². The molecule has 0 bridgehead atoms. The van der Waals surface area contributed by atoms with E-state index in [9.17, 15) is 15.2 Å². The summed E-state index contributed by atoms with van der Waals surface area (Å²) in [5, 5.41) is 27.3. The number of benzene rings is 1. The number of phenolic OH excluding ortho intramolecular Hbond substituents is 1. The van der Waals surface area contributed by atoms with E-state index < -0.39 is 10.7 Å². The van der Waals surface area contributed by atoms with Crippen LogP contribution in [-0.2, 0) is 6.42 Å². The number of nitro groups is 1. The van der Waals surface area contributed by atoms with Crippen LogP contribution in [0.15, 0.2) is 22.3 Å². The van der Waals surface area contributed by atoms with Crippen LogP contribution in [0, 0.1) is 10.1 Å². The highest BCUT2D eigenvalue weighted by molar-refractivity contribution is 5.86. The molecule has 0 fully saturated rings. The van der Waals surface area contributed by atoms with Crippen molar-refractivity contribution in [1.82, 2.24) is 0 Å². The number of aromatic hydroxyl groups is 1. The molecule has 0 radical (unpaired) electrons. The number of rotatable bonds is 4. The molecule has 8 nitrogen and oxygen atoms in total. The standard InChI is InChI=1S/C10H13N5O3/c1-2-6-3-7(5-13-14-10(11)12)9(16)8(4-6)15(17)18/h3-5,16H,2H2,1H3,(H4,11,12,14). The second-order valence-electron chi connectivity index (χ2n) is 3.43. The van der Waals surface area contributed by atoms with Crippen LogP contribution in [-0.4, -0.2) is 22.2 Å². The number of hydrogen-bond donors (Lipinski definition) is 3. The first-order valence-corrected chi connectivity index (χ1v) is 5.08. The molecule has 8 heteroatoms. The molecule has 0 spiro atoms. The Bertz CT molecular complexity index is 520. The number of nitro benzene ring substituents is 1. The van der Waals surface area contributed by atoms with Gasteiger partial charge in [-0.3, -0.25) is 10.1 Å². The molecule has 0 heterocycles. The van der Waals surface area contributed by atoms with Crippen molar-refractivity contribution in [1.29, 1.82) is 0 Å². The van der Waals surface area contributed by atoms with Crippen LogP contribution >= 0.6 is 0 Å². The molecule has 0 aromatic heterocycles. The van der Waals surface area contributed by atoms with Crippen molar-refractivity contribution in [3.8, 4) is 5.75 Å². The van der Waals surface area contributed by atoms with Crippen LogP contribution < -0.4 is 11.5 Å². The van der Waals surface area contributed by atoms with Gasteiger partial charge < -0.3 is 16.6 Å². The van der Waals surface area contributed by atoms with Crippen molar-refractivity contribution >= 4 is 17.9 Å². The maximum atomic E-state index is 10.8. The molecule has 0 aliphatic heterocycles. The number of nitrogens with zero attached hydrogens (tertiary/aromatic N) is 3. The SMILES string of the molecule is CCc1cc(C=NN=C(N)N)c(O)c([N+](=O)[O-])c1. The summed E-state index contributed by atoms with van der Waals surface area (Å²) in [5.74, 6) is -0.710. The van der Waals surface area contributed by atoms with Crippen molar-refractivity contribution in [2.24, 2.45) is 21.7 Å². The summed E-state index contributed by atoms with van der Waals surface area (Å²) in [6.45, 7) is 1.84. The highest BCUT2D eigenvalue weighted by Gasteiger charge is 2.17. The summed E-state index contributed by atoms with van der Waals surface area (Å²) < 4.78 is 0. The zero-order valence-corrected chi connectivity index (χ0v) is 9.70. The van der Waals surface area contributed by atoms with E-state index in [-0.39, 0.29) is 17.2 Å². The van der Waals surface area contributed by atoms with E-state index in [0.717, 1.165) is 6.21 Å². The van der Waals surface area contributed by atoms with E-state index in [0.29, 0.717) is 12.0 Å². The van der Waals surface area contributed by atoms with E-state index in [2.05, 4.69) is 10.2 Å². The lowest BCUT2D eigenvalue weighted by atomic mass is 10.1. The summed E-state index contributed by atoms with van der Waals surface area (Å²) in [6, 6.07) is 2.89. The molecule has 0 aliphatic rings. The average molecular weight is 251 g/mol. The molecule has 0 unspecified atom stereocenters. The van der Waals surface area contributed by atoms with Gasteiger partial charge in [0.25, 0.3) is 0 Å². The quantitative estimate of drug-likeness (QED) is 0.309. The molecule has 5 N–H and O–H groups in total. The molecule has 0 saturated carbocycles. The third-order valence-corrected chi connectivity index (χ3v) is 2.15. The van der Waals surface area contributed by atoms with Gasteiger partial charge in [0.1, 0.15) is 0 Å². The lowest BCUT2D eigenvalue weighted by Gasteiger charge is -2.03. The number of aryl methyl sites for hydroxylation is 1. The van der Waals surface area contributed by atoms with Gasteiger partial charge in [-0.25, -0.2) is 0 Å². The Balaban J connectivity index is 3.26. The van der Waals surface area contributed by atoms with Crippen LogP contribution in [0.4, 0.5) is 5.69 Å². The second kappa shape index (κ2) is 5.62. The van der Waals surface area contributed by atoms with Gasteiger partial charge in [-0.15, -0.1) is 5.10 Å². The molecule has 18 heavy (non-hydrogen) atoms. The first-order chi connectivity index (χ1) is 8.45. The lowest BCUT2D eigenvalue weighted by Crippen LogP contribution is -2.21. The monoisotopic (exact) mass is 251 g/mol. The Morgan fingerprint density at radius 2 is 2.22 bits per heavy atom. The Kier molecular flexibility index (Phi) is 4.19. The topological polar surface area (TPSA) is 140 Å². The molecular weight excluding hydrogens is 238 g/mol. The van der Waals surface area contributed by atoms with Crippen molar-refractivity contribution in [2.75, 3.05) is 0 Å². The van der Waals surface area contributed by atoms with Crippen LogP contribution in [0.5, 0.6) is 5.75 Å². The highest BCUT2D eigenvalue weighted by Crippen LogP contribution is 2.30. The average Bonchev–Trinajstić information content (AvgIpc) is 2.30. The molecular formula is C10H13N5O3. The van der Waals surface area contributed by atoms with Crippen LogP contribution in [0.2, 0.25) is 0 Å². The molecule has 0 aliphatic carbocycles. The van der Waals surface area contributed by atoms with Gasteiger partial charge in [-0.2, -0.15) is 5.10 Å². The molecule has 0 atom stereocenters. The zero-order chi connectivity index (χ0) is 13.7. The Morgan fingerprint density at radius 1 is 1.56 bits per heavy atom. The van der Waals surface area contributed by atoms with E-state index in [1.165, 1.54) is 6.07 Å². The van der Waals surface area contributed by atoms with Gasteiger partial charge in [0, 0.05) is 11.6 Å². The maximum Gasteiger partial charge on any atom is 0.311 e. The van der Waals surface area contributed by atoms with E-state index in [4.69, 9.17) is 11.5 Å². The molecule has 1 rings (SSSR count). The minimum atomic E-state index is -0.660. The fourth-order valence-corrected chi connectivity index (χ4v) is 1.30. The fraction of sp³-hybridized carbons (Fsp3) is 0.200. The van der Waals surface area contributed by atoms with Gasteiger partial charge in [0.05, 0.1) is 11.1 Å². The van der Waals surface area contributed by atoms with Gasteiger partial charge in [-0.1, -0.05) is 6.92 Å². The predicted molar refractivity (Wildman–Crippen MR) is 67.5 cm³/mol. The summed E-state index contributed by atoms with van der Waals surface area (Å²) in [5.41, 5.74) is 10.7. The summed E-state index contributed by atoms with van der Waals surface area (Å²) in [7, 11) is 0. The first kappa shape index (κ1) is 13.4. The Hall–Kier alpha value is -2.64. The summed E-state index contributed by atoms with van der Waals surface area (Å²) in [6.07, 6.45) is 1.74. The summed E-state index contributed by atoms with van der Waals surface area (Å²) >= 11 is 0. The Morgan fingerprint density at radius 3 is 2.72 bits per heavy atom. The van der Waals surface area contributed by atoms with Crippen molar-refractivity contribution < 1.29 is 10.0 Å². The van der Waals surface area contributed by atoms with Gasteiger partial charge in [-0.05, 0) is 18.1 Å². The van der Waals surface area contributed by atoms with Crippen molar-refractivity contribution in [3.63, 3.8) is 0 Å².